The number of carbonyl (C=O) groups excluding carboxylic acids is 2. The lowest BCUT2D eigenvalue weighted by molar-refractivity contribution is -0.161. The van der Waals surface area contributed by atoms with Crippen molar-refractivity contribution in [2.75, 3.05) is 40.4 Å². The van der Waals surface area contributed by atoms with Crippen molar-refractivity contribution in [3.63, 3.8) is 0 Å². The number of likely N-dealkylation sites (tertiary alicyclic amines) is 1. The molecule has 1 saturated carbocycles. The minimum atomic E-state index is -0.546. The average Bonchev–Trinajstić information content (AvgIpc) is 3.41. The van der Waals surface area contributed by atoms with Gasteiger partial charge in [0.15, 0.2) is 0 Å². The number of piperazine rings is 1. The number of hydrogen-bond acceptors (Lipinski definition) is 5. The number of fused-ring (bicyclic) bond motifs is 4. The summed E-state index contributed by atoms with van der Waals surface area (Å²) in [5.41, 5.74) is 3.94. The molecular formula is C34H42N4O4. The highest BCUT2D eigenvalue weighted by Crippen LogP contribution is 2.46. The molecule has 3 fully saturated rings. The van der Waals surface area contributed by atoms with E-state index in [0.717, 1.165) is 59.6 Å². The molecule has 3 aromatic rings. The van der Waals surface area contributed by atoms with Gasteiger partial charge in [-0.1, -0.05) is 37.5 Å². The Balaban J connectivity index is 1.19. The van der Waals surface area contributed by atoms with Crippen LogP contribution in [0.3, 0.4) is 0 Å². The van der Waals surface area contributed by atoms with Gasteiger partial charge < -0.3 is 29.2 Å². The summed E-state index contributed by atoms with van der Waals surface area (Å²) >= 11 is 0. The first kappa shape index (κ1) is 27.3. The summed E-state index contributed by atoms with van der Waals surface area (Å²) < 4.78 is 11.3. The molecule has 2 aromatic carbocycles. The first-order chi connectivity index (χ1) is 20.6. The summed E-state index contributed by atoms with van der Waals surface area (Å²) in [5, 5.41) is 1.11. The number of nitrogens with one attached hydrogen (secondary N) is 1. The number of hydrogen-bond donors (Lipinski definition) is 1. The highest BCUT2D eigenvalue weighted by atomic mass is 16.5. The minimum absolute atomic E-state index is 0.00332. The predicted molar refractivity (Wildman–Crippen MR) is 162 cm³/mol. The topological polar surface area (TPSA) is 78.1 Å². The van der Waals surface area contributed by atoms with E-state index in [1.165, 1.54) is 38.6 Å². The van der Waals surface area contributed by atoms with E-state index in [2.05, 4.69) is 22.0 Å². The second-order valence-corrected chi connectivity index (χ2v) is 12.6. The van der Waals surface area contributed by atoms with Crippen LogP contribution in [-0.4, -0.2) is 84.0 Å². The van der Waals surface area contributed by atoms with Gasteiger partial charge in [0.2, 0.25) is 11.8 Å². The van der Waals surface area contributed by atoms with Crippen LogP contribution in [0.5, 0.6) is 11.5 Å². The van der Waals surface area contributed by atoms with Crippen molar-refractivity contribution in [2.24, 2.45) is 5.92 Å². The fraction of sp³-hybridized carbons (Fsp3) is 0.529. The zero-order chi connectivity index (χ0) is 28.8. The first-order valence-electron chi connectivity index (χ1n) is 15.7. The number of piperidine rings is 1. The number of methoxy groups -OCH3 is 2. The molecule has 1 aromatic heterocycles. The molecule has 8 nitrogen and oxygen atoms in total. The predicted octanol–water partition coefficient (Wildman–Crippen LogP) is 4.91. The third kappa shape index (κ3) is 4.74. The number of ether oxygens (including phenoxy) is 2. The monoisotopic (exact) mass is 570 g/mol. The summed E-state index contributed by atoms with van der Waals surface area (Å²) in [6.45, 7) is 3.33. The van der Waals surface area contributed by atoms with Gasteiger partial charge in [0, 0.05) is 60.3 Å². The average molecular weight is 571 g/mol. The number of carbonyl (C=O) groups is 2. The third-order valence-electron chi connectivity index (χ3n) is 10.3. The molecule has 2 atom stereocenters. The lowest BCUT2D eigenvalue weighted by Crippen LogP contribution is -2.65. The van der Waals surface area contributed by atoms with Gasteiger partial charge in [-0.3, -0.25) is 9.59 Å². The van der Waals surface area contributed by atoms with E-state index in [4.69, 9.17) is 9.47 Å². The van der Waals surface area contributed by atoms with Crippen molar-refractivity contribution in [2.45, 2.75) is 69.5 Å². The maximum atomic E-state index is 14.4. The first-order valence-corrected chi connectivity index (χ1v) is 15.7. The Morgan fingerprint density at radius 2 is 1.71 bits per heavy atom. The van der Waals surface area contributed by atoms with Crippen LogP contribution in [0, 0.1) is 5.92 Å². The molecule has 0 bridgehead atoms. The maximum absolute atomic E-state index is 14.4. The van der Waals surface area contributed by atoms with Gasteiger partial charge >= 0.3 is 0 Å². The van der Waals surface area contributed by atoms with Crippen LogP contribution in [0.4, 0.5) is 0 Å². The smallest absolute Gasteiger partial charge is 0.246 e. The molecule has 1 N–H and O–H groups in total. The molecule has 4 aliphatic rings. The number of para-hydroxylation sites is 1. The molecule has 42 heavy (non-hydrogen) atoms. The molecule has 8 heteroatoms. The Hall–Kier alpha value is -3.52. The van der Waals surface area contributed by atoms with E-state index in [0.29, 0.717) is 17.9 Å². The largest absolute Gasteiger partial charge is 0.497 e. The van der Waals surface area contributed by atoms with Crippen LogP contribution in [0.15, 0.2) is 42.5 Å². The van der Waals surface area contributed by atoms with Gasteiger partial charge in [0.05, 0.1) is 14.2 Å². The van der Waals surface area contributed by atoms with Crippen LogP contribution in [-0.2, 0) is 16.0 Å². The Morgan fingerprint density at radius 1 is 0.929 bits per heavy atom. The van der Waals surface area contributed by atoms with Crippen molar-refractivity contribution in [3.8, 4) is 11.5 Å². The highest BCUT2D eigenvalue weighted by Gasteiger charge is 2.50. The van der Waals surface area contributed by atoms with Gasteiger partial charge in [-0.2, -0.15) is 0 Å². The number of amides is 2. The highest BCUT2D eigenvalue weighted by molar-refractivity contribution is 5.98. The van der Waals surface area contributed by atoms with Crippen molar-refractivity contribution in [3.05, 3.63) is 59.3 Å². The van der Waals surface area contributed by atoms with Gasteiger partial charge in [-0.15, -0.1) is 0 Å². The maximum Gasteiger partial charge on any atom is 0.246 e. The number of aromatic amines is 1. The Labute approximate surface area is 247 Å². The Bertz CT molecular complexity index is 1470. The van der Waals surface area contributed by atoms with Gasteiger partial charge in [-0.25, -0.2) is 0 Å². The molecule has 1 aliphatic carbocycles. The van der Waals surface area contributed by atoms with Gasteiger partial charge in [-0.05, 0) is 55.4 Å². The van der Waals surface area contributed by atoms with E-state index in [1.807, 2.05) is 40.1 Å². The molecule has 3 aliphatic heterocycles. The minimum Gasteiger partial charge on any atom is -0.497 e. The van der Waals surface area contributed by atoms with Crippen molar-refractivity contribution < 1.29 is 19.1 Å². The zero-order valence-corrected chi connectivity index (χ0v) is 24.8. The summed E-state index contributed by atoms with van der Waals surface area (Å²) in [5.74, 6) is 2.21. The third-order valence-corrected chi connectivity index (χ3v) is 10.3. The normalized spacial score (nSPS) is 24.1. The van der Waals surface area contributed by atoms with E-state index in [-0.39, 0.29) is 24.4 Å². The quantitative estimate of drug-likeness (QED) is 0.456. The molecule has 2 amide bonds. The summed E-state index contributed by atoms with van der Waals surface area (Å²) in [6, 6.07) is 13.0. The molecular weight excluding hydrogens is 528 g/mol. The summed E-state index contributed by atoms with van der Waals surface area (Å²) in [6.07, 6.45) is 9.21. The van der Waals surface area contributed by atoms with Crippen LogP contribution in [0.25, 0.3) is 10.9 Å². The fourth-order valence-corrected chi connectivity index (χ4v) is 8.11. The number of aromatic nitrogens is 1. The van der Waals surface area contributed by atoms with Crippen molar-refractivity contribution >= 4 is 22.7 Å². The number of benzene rings is 2. The molecule has 2 saturated heterocycles. The van der Waals surface area contributed by atoms with Crippen LogP contribution < -0.4 is 9.47 Å². The number of H-pyrrole nitrogens is 1. The lowest BCUT2D eigenvalue weighted by atomic mass is 9.85. The Morgan fingerprint density at radius 3 is 2.48 bits per heavy atom. The molecule has 0 unspecified atom stereocenters. The molecule has 222 valence electrons. The summed E-state index contributed by atoms with van der Waals surface area (Å²) in [4.78, 5) is 38.5. The molecule has 0 radical (unpaired) electrons. The Kier molecular flexibility index (Phi) is 7.34. The van der Waals surface area contributed by atoms with E-state index in [1.54, 1.807) is 14.2 Å². The van der Waals surface area contributed by atoms with Gasteiger partial charge in [0.25, 0.3) is 0 Å². The molecule has 0 spiro atoms. The molecule has 4 heterocycles. The standard InChI is InChI=1S/C34H42N4O4/c1-41-24-12-13-26(30(18-24)42-2)33-32-27(25-10-6-7-11-28(25)35-32)19-29-34(40)37(21-31(39)38(29)33)23-14-16-36(17-15-23)20-22-8-4-3-5-9-22/h6-7,10-13,18,22-23,29,33,35H,3-5,8-9,14-17,19-21H2,1-2H3/t29-,33+/m0/s1. The van der Waals surface area contributed by atoms with E-state index in [9.17, 15) is 9.59 Å². The van der Waals surface area contributed by atoms with Crippen molar-refractivity contribution in [1.82, 2.24) is 19.7 Å². The second kappa shape index (κ2) is 11.3. The lowest BCUT2D eigenvalue weighted by Gasteiger charge is -2.50. The van der Waals surface area contributed by atoms with Crippen molar-refractivity contribution in [1.29, 1.82) is 0 Å². The molecule has 7 rings (SSSR count). The van der Waals surface area contributed by atoms with Crippen LogP contribution in [0.2, 0.25) is 0 Å². The zero-order valence-electron chi connectivity index (χ0n) is 24.8. The second-order valence-electron chi connectivity index (χ2n) is 12.6. The fourth-order valence-electron chi connectivity index (χ4n) is 8.11. The number of nitrogens with zero attached hydrogens (tertiary/aromatic N) is 3. The van der Waals surface area contributed by atoms with Crippen LogP contribution >= 0.6 is 0 Å². The van der Waals surface area contributed by atoms with E-state index < -0.39 is 12.1 Å². The SMILES string of the molecule is COc1ccc([C@@H]2c3[nH]c4ccccc4c3C[C@H]3C(=O)N(C4CCN(CC5CCCCC5)CC4)CC(=O)N23)c(OC)c1. The summed E-state index contributed by atoms with van der Waals surface area (Å²) in [7, 11) is 3.26. The van der Waals surface area contributed by atoms with E-state index >= 15 is 0 Å². The van der Waals surface area contributed by atoms with Crippen LogP contribution in [0.1, 0.15) is 67.8 Å². The van der Waals surface area contributed by atoms with Gasteiger partial charge in [0.1, 0.15) is 30.1 Å². The number of rotatable bonds is 6.